The van der Waals surface area contributed by atoms with E-state index in [2.05, 4.69) is 12.2 Å². The molecule has 17 heavy (non-hydrogen) atoms. The van der Waals surface area contributed by atoms with E-state index >= 15 is 0 Å². The van der Waals surface area contributed by atoms with Gasteiger partial charge in [0.05, 0.1) is 17.7 Å². The Morgan fingerprint density at radius 1 is 1.53 bits per heavy atom. The summed E-state index contributed by atoms with van der Waals surface area (Å²) in [6, 6.07) is 4.94. The quantitative estimate of drug-likeness (QED) is 0.879. The number of nitrogens with one attached hydrogen (secondary N) is 1. The average Bonchev–Trinajstić information content (AvgIpc) is 2.57. The zero-order valence-corrected chi connectivity index (χ0v) is 10.6. The standard InChI is InChI=1S/C13H17ClFNO/c1-2-9-8-16-5-6-17-13(9)10-3-4-11(14)12(15)7-10/h3-4,7,9,13,16H,2,5-6,8H2,1H3/t9-,13-/m1/s1. The van der Waals surface area contributed by atoms with Crippen molar-refractivity contribution in [1.29, 1.82) is 0 Å². The van der Waals surface area contributed by atoms with Gasteiger partial charge in [-0.05, 0) is 24.1 Å². The lowest BCUT2D eigenvalue weighted by atomic mass is 9.93. The normalized spacial score (nSPS) is 25.6. The third-order valence-electron chi connectivity index (χ3n) is 3.21. The van der Waals surface area contributed by atoms with E-state index in [1.54, 1.807) is 6.07 Å². The number of halogens is 2. The van der Waals surface area contributed by atoms with Crippen LogP contribution in [-0.2, 0) is 4.74 Å². The van der Waals surface area contributed by atoms with Gasteiger partial charge in [-0.3, -0.25) is 0 Å². The molecule has 1 aromatic rings. The Labute approximate surface area is 106 Å². The maximum absolute atomic E-state index is 13.5. The lowest BCUT2D eigenvalue weighted by molar-refractivity contribution is 0.0293. The van der Waals surface area contributed by atoms with Gasteiger partial charge in [0, 0.05) is 19.0 Å². The van der Waals surface area contributed by atoms with Gasteiger partial charge in [-0.1, -0.05) is 24.6 Å². The molecule has 1 N–H and O–H groups in total. The number of hydrogen-bond donors (Lipinski definition) is 1. The van der Waals surface area contributed by atoms with Crippen LogP contribution in [0.4, 0.5) is 4.39 Å². The minimum Gasteiger partial charge on any atom is -0.372 e. The van der Waals surface area contributed by atoms with E-state index in [4.69, 9.17) is 16.3 Å². The molecule has 94 valence electrons. The molecule has 4 heteroatoms. The minimum absolute atomic E-state index is 0.0400. The highest BCUT2D eigenvalue weighted by atomic mass is 35.5. The summed E-state index contributed by atoms with van der Waals surface area (Å²) < 4.78 is 19.3. The molecule has 2 atom stereocenters. The Hall–Kier alpha value is -0.640. The number of ether oxygens (including phenoxy) is 1. The summed E-state index contributed by atoms with van der Waals surface area (Å²) in [5.74, 6) is -0.00194. The monoisotopic (exact) mass is 257 g/mol. The molecule has 1 aromatic carbocycles. The maximum atomic E-state index is 13.5. The maximum Gasteiger partial charge on any atom is 0.142 e. The van der Waals surface area contributed by atoms with Crippen LogP contribution >= 0.6 is 11.6 Å². The van der Waals surface area contributed by atoms with E-state index in [-0.39, 0.29) is 16.9 Å². The van der Waals surface area contributed by atoms with Crippen molar-refractivity contribution in [3.05, 3.63) is 34.6 Å². The Kier molecular flexibility index (Phi) is 4.37. The first-order valence-electron chi connectivity index (χ1n) is 5.99. The van der Waals surface area contributed by atoms with Crippen molar-refractivity contribution in [2.24, 2.45) is 5.92 Å². The van der Waals surface area contributed by atoms with Crippen LogP contribution in [0.15, 0.2) is 18.2 Å². The van der Waals surface area contributed by atoms with Crippen molar-refractivity contribution in [3.8, 4) is 0 Å². The summed E-state index contributed by atoms with van der Waals surface area (Å²) >= 11 is 5.69. The molecule has 1 heterocycles. The fourth-order valence-corrected chi connectivity index (χ4v) is 2.32. The van der Waals surface area contributed by atoms with Crippen LogP contribution in [0.3, 0.4) is 0 Å². The Balaban J connectivity index is 2.25. The minimum atomic E-state index is -0.375. The van der Waals surface area contributed by atoms with E-state index in [1.807, 2.05) is 6.07 Å². The van der Waals surface area contributed by atoms with Crippen molar-refractivity contribution in [3.63, 3.8) is 0 Å². The summed E-state index contributed by atoms with van der Waals surface area (Å²) in [4.78, 5) is 0. The second-order valence-electron chi connectivity index (χ2n) is 4.34. The van der Waals surface area contributed by atoms with Crippen LogP contribution < -0.4 is 5.32 Å². The lowest BCUT2D eigenvalue weighted by Crippen LogP contribution is -2.23. The topological polar surface area (TPSA) is 21.3 Å². The number of rotatable bonds is 2. The van der Waals surface area contributed by atoms with Crippen molar-refractivity contribution in [2.75, 3.05) is 19.7 Å². The molecular formula is C13H17ClFNO. The Bertz CT molecular complexity index is 386. The van der Waals surface area contributed by atoms with Gasteiger partial charge in [0.15, 0.2) is 0 Å². The molecule has 0 aromatic heterocycles. The molecule has 1 saturated heterocycles. The highest BCUT2D eigenvalue weighted by molar-refractivity contribution is 6.30. The van der Waals surface area contributed by atoms with E-state index in [1.165, 1.54) is 6.07 Å². The van der Waals surface area contributed by atoms with Crippen molar-refractivity contribution < 1.29 is 9.13 Å². The van der Waals surface area contributed by atoms with Crippen LogP contribution in [0.2, 0.25) is 5.02 Å². The molecule has 2 nitrogen and oxygen atoms in total. The average molecular weight is 258 g/mol. The summed E-state index contributed by atoms with van der Waals surface area (Å²) in [7, 11) is 0. The highest BCUT2D eigenvalue weighted by Gasteiger charge is 2.25. The largest absolute Gasteiger partial charge is 0.372 e. The van der Waals surface area contributed by atoms with Crippen molar-refractivity contribution in [2.45, 2.75) is 19.4 Å². The van der Waals surface area contributed by atoms with E-state index in [0.717, 1.165) is 25.1 Å². The molecule has 0 amide bonds. The fraction of sp³-hybridized carbons (Fsp3) is 0.538. The third-order valence-corrected chi connectivity index (χ3v) is 3.51. The zero-order chi connectivity index (χ0) is 12.3. The molecule has 1 aliphatic heterocycles. The van der Waals surface area contributed by atoms with E-state index < -0.39 is 0 Å². The number of hydrogen-bond acceptors (Lipinski definition) is 2. The van der Waals surface area contributed by atoms with Crippen molar-refractivity contribution in [1.82, 2.24) is 5.32 Å². The van der Waals surface area contributed by atoms with Crippen LogP contribution in [0.5, 0.6) is 0 Å². The predicted octanol–water partition coefficient (Wildman–Crippen LogP) is 3.17. The van der Waals surface area contributed by atoms with Gasteiger partial charge in [-0.2, -0.15) is 0 Å². The predicted molar refractivity (Wildman–Crippen MR) is 66.8 cm³/mol. The fourth-order valence-electron chi connectivity index (χ4n) is 2.20. The summed E-state index contributed by atoms with van der Waals surface area (Å²) in [6.07, 6.45) is 0.962. The summed E-state index contributed by atoms with van der Waals surface area (Å²) in [6.45, 7) is 4.54. The first-order chi connectivity index (χ1) is 8.22. The molecule has 0 unspecified atom stereocenters. The Morgan fingerprint density at radius 2 is 2.35 bits per heavy atom. The second-order valence-corrected chi connectivity index (χ2v) is 4.74. The van der Waals surface area contributed by atoms with Gasteiger partial charge in [0.2, 0.25) is 0 Å². The summed E-state index contributed by atoms with van der Waals surface area (Å²) in [5.41, 5.74) is 0.877. The molecule has 0 spiro atoms. The lowest BCUT2D eigenvalue weighted by Gasteiger charge is -2.24. The molecular weight excluding hydrogens is 241 g/mol. The first kappa shape index (κ1) is 12.8. The summed E-state index contributed by atoms with van der Waals surface area (Å²) in [5, 5.41) is 3.49. The molecule has 2 rings (SSSR count). The van der Waals surface area contributed by atoms with Crippen LogP contribution in [0.1, 0.15) is 25.0 Å². The Morgan fingerprint density at radius 3 is 3.06 bits per heavy atom. The van der Waals surface area contributed by atoms with E-state index in [0.29, 0.717) is 12.5 Å². The van der Waals surface area contributed by atoms with E-state index in [9.17, 15) is 4.39 Å². The zero-order valence-electron chi connectivity index (χ0n) is 9.88. The smallest absolute Gasteiger partial charge is 0.142 e. The molecule has 0 radical (unpaired) electrons. The highest BCUT2D eigenvalue weighted by Crippen LogP contribution is 2.31. The van der Waals surface area contributed by atoms with Gasteiger partial charge in [-0.25, -0.2) is 4.39 Å². The van der Waals surface area contributed by atoms with Crippen LogP contribution in [0.25, 0.3) is 0 Å². The second kappa shape index (κ2) is 5.80. The number of benzene rings is 1. The molecule has 0 aliphatic carbocycles. The van der Waals surface area contributed by atoms with Gasteiger partial charge in [-0.15, -0.1) is 0 Å². The molecule has 1 aliphatic rings. The molecule has 0 saturated carbocycles. The van der Waals surface area contributed by atoms with Gasteiger partial charge in [0.25, 0.3) is 0 Å². The van der Waals surface area contributed by atoms with Gasteiger partial charge >= 0.3 is 0 Å². The third kappa shape index (κ3) is 2.97. The van der Waals surface area contributed by atoms with Gasteiger partial charge < -0.3 is 10.1 Å². The molecule has 0 bridgehead atoms. The molecule has 1 fully saturated rings. The van der Waals surface area contributed by atoms with Crippen molar-refractivity contribution >= 4 is 11.6 Å². The van der Waals surface area contributed by atoms with Crippen LogP contribution in [0, 0.1) is 11.7 Å². The van der Waals surface area contributed by atoms with Crippen LogP contribution in [-0.4, -0.2) is 19.7 Å². The SMILES string of the molecule is CC[C@@H]1CNCCO[C@H]1c1ccc(Cl)c(F)c1. The van der Waals surface area contributed by atoms with Gasteiger partial charge in [0.1, 0.15) is 5.82 Å². The first-order valence-corrected chi connectivity index (χ1v) is 6.37.